The van der Waals surface area contributed by atoms with Crippen molar-refractivity contribution in [1.82, 2.24) is 4.72 Å². The lowest BCUT2D eigenvalue weighted by Gasteiger charge is -2.10. The average molecular weight is 346 g/mol. The molecule has 0 aliphatic heterocycles. The number of anilines is 1. The van der Waals surface area contributed by atoms with Gasteiger partial charge in [-0.05, 0) is 49.6 Å². The lowest BCUT2D eigenvalue weighted by Crippen LogP contribution is -2.33. The molecule has 0 aromatic heterocycles. The van der Waals surface area contributed by atoms with Crippen molar-refractivity contribution in [3.05, 3.63) is 59.2 Å². The zero-order valence-corrected chi connectivity index (χ0v) is 14.9. The van der Waals surface area contributed by atoms with Gasteiger partial charge < -0.3 is 5.32 Å². The fraction of sp³-hybridized carbons (Fsp3) is 0.278. The molecule has 0 bridgehead atoms. The first-order valence-electron chi connectivity index (χ1n) is 7.77. The third-order valence-electron chi connectivity index (χ3n) is 3.69. The zero-order valence-electron chi connectivity index (χ0n) is 14.1. The van der Waals surface area contributed by atoms with Crippen molar-refractivity contribution in [2.24, 2.45) is 0 Å². The van der Waals surface area contributed by atoms with E-state index in [1.54, 1.807) is 37.3 Å². The lowest BCUT2D eigenvalue weighted by atomic mass is 10.1. The van der Waals surface area contributed by atoms with Gasteiger partial charge in [0.05, 0.1) is 11.4 Å². The second kappa shape index (κ2) is 7.59. The molecule has 2 aromatic rings. The number of sulfonamides is 1. The third kappa shape index (κ3) is 4.66. The van der Waals surface area contributed by atoms with E-state index in [2.05, 4.69) is 17.0 Å². The van der Waals surface area contributed by atoms with Crippen molar-refractivity contribution >= 4 is 21.6 Å². The van der Waals surface area contributed by atoms with Crippen molar-refractivity contribution in [3.63, 3.8) is 0 Å². The minimum absolute atomic E-state index is 0.188. The normalized spacial score (nSPS) is 11.3. The molecular formula is C18H22N2O3S. The Labute approximate surface area is 143 Å². The number of benzene rings is 2. The van der Waals surface area contributed by atoms with Gasteiger partial charge in [-0.15, -0.1) is 0 Å². The Hall–Kier alpha value is -2.18. The van der Waals surface area contributed by atoms with E-state index in [1.807, 2.05) is 19.1 Å². The highest BCUT2D eigenvalue weighted by Gasteiger charge is 2.17. The number of nitrogens with one attached hydrogen (secondary N) is 2. The molecule has 0 spiro atoms. The van der Waals surface area contributed by atoms with Gasteiger partial charge >= 0.3 is 0 Å². The van der Waals surface area contributed by atoms with Crippen LogP contribution in [0.1, 0.15) is 23.6 Å². The average Bonchev–Trinajstić information content (AvgIpc) is 2.53. The van der Waals surface area contributed by atoms with Gasteiger partial charge in [0.25, 0.3) is 0 Å². The molecule has 0 aliphatic rings. The maximum absolute atomic E-state index is 12.3. The van der Waals surface area contributed by atoms with Crippen molar-refractivity contribution in [2.75, 3.05) is 11.9 Å². The number of amides is 1. The van der Waals surface area contributed by atoms with Crippen LogP contribution in [0.2, 0.25) is 0 Å². The molecule has 0 saturated heterocycles. The fourth-order valence-electron chi connectivity index (χ4n) is 2.37. The molecule has 0 saturated carbocycles. The fourth-order valence-corrected chi connectivity index (χ4v) is 3.57. The standard InChI is InChI=1S/C18H22N2O3S/c1-4-15-6-8-16(9-7-15)20-18(21)12-19-24(22,23)17-10-5-13(2)11-14(17)3/h5-11,19H,4,12H2,1-3H3,(H,20,21). The van der Waals surface area contributed by atoms with Gasteiger partial charge in [-0.3, -0.25) is 4.79 Å². The quantitative estimate of drug-likeness (QED) is 0.844. The molecular weight excluding hydrogens is 324 g/mol. The number of hydrogen-bond donors (Lipinski definition) is 2. The number of hydrogen-bond acceptors (Lipinski definition) is 3. The summed E-state index contributed by atoms with van der Waals surface area (Å²) in [5.74, 6) is -0.410. The molecule has 0 unspecified atom stereocenters. The smallest absolute Gasteiger partial charge is 0.241 e. The van der Waals surface area contributed by atoms with Crippen molar-refractivity contribution in [3.8, 4) is 0 Å². The zero-order chi connectivity index (χ0) is 17.7. The summed E-state index contributed by atoms with van der Waals surface area (Å²) in [5, 5.41) is 2.68. The van der Waals surface area contributed by atoms with E-state index >= 15 is 0 Å². The molecule has 24 heavy (non-hydrogen) atoms. The van der Waals surface area contributed by atoms with Gasteiger partial charge in [0.15, 0.2) is 0 Å². The van der Waals surface area contributed by atoms with E-state index in [0.29, 0.717) is 11.3 Å². The number of rotatable bonds is 6. The van der Waals surface area contributed by atoms with Crippen LogP contribution in [0.4, 0.5) is 5.69 Å². The number of carbonyl (C=O) groups is 1. The van der Waals surface area contributed by atoms with Gasteiger partial charge in [-0.2, -0.15) is 0 Å². The van der Waals surface area contributed by atoms with Crippen LogP contribution >= 0.6 is 0 Å². The maximum Gasteiger partial charge on any atom is 0.241 e. The molecule has 5 nitrogen and oxygen atoms in total. The Balaban J connectivity index is 1.99. The molecule has 0 fully saturated rings. The highest BCUT2D eigenvalue weighted by Crippen LogP contribution is 2.16. The highest BCUT2D eigenvalue weighted by molar-refractivity contribution is 7.89. The monoisotopic (exact) mass is 346 g/mol. The van der Waals surface area contributed by atoms with Crippen LogP contribution in [-0.2, 0) is 21.2 Å². The molecule has 0 heterocycles. The van der Waals surface area contributed by atoms with Gasteiger partial charge in [0.1, 0.15) is 0 Å². The topological polar surface area (TPSA) is 75.3 Å². The number of carbonyl (C=O) groups excluding carboxylic acids is 1. The van der Waals surface area contributed by atoms with Crippen molar-refractivity contribution in [1.29, 1.82) is 0 Å². The SMILES string of the molecule is CCc1ccc(NC(=O)CNS(=O)(=O)c2ccc(C)cc2C)cc1. The lowest BCUT2D eigenvalue weighted by molar-refractivity contribution is -0.115. The molecule has 2 aromatic carbocycles. The molecule has 6 heteroatoms. The van der Waals surface area contributed by atoms with Gasteiger partial charge in [0.2, 0.25) is 15.9 Å². The Kier molecular flexibility index (Phi) is 5.75. The summed E-state index contributed by atoms with van der Waals surface area (Å²) in [6.45, 7) is 5.37. The molecule has 128 valence electrons. The van der Waals surface area contributed by atoms with Crippen LogP contribution in [-0.4, -0.2) is 20.9 Å². The Morgan fingerprint density at radius 3 is 2.29 bits per heavy atom. The first-order chi connectivity index (χ1) is 11.3. The van der Waals surface area contributed by atoms with Gasteiger partial charge in [0, 0.05) is 5.69 Å². The summed E-state index contributed by atoms with van der Waals surface area (Å²) in [6, 6.07) is 12.5. The van der Waals surface area contributed by atoms with E-state index < -0.39 is 15.9 Å². The van der Waals surface area contributed by atoms with E-state index in [0.717, 1.165) is 12.0 Å². The summed E-state index contributed by atoms with van der Waals surface area (Å²) in [6.07, 6.45) is 0.921. The Morgan fingerprint density at radius 2 is 1.71 bits per heavy atom. The first-order valence-corrected chi connectivity index (χ1v) is 9.26. The number of aryl methyl sites for hydroxylation is 3. The van der Waals surface area contributed by atoms with E-state index in [1.165, 1.54) is 5.56 Å². The van der Waals surface area contributed by atoms with Crippen LogP contribution in [0.25, 0.3) is 0 Å². The first kappa shape index (κ1) is 18.2. The summed E-state index contributed by atoms with van der Waals surface area (Å²) in [7, 11) is -3.72. The van der Waals surface area contributed by atoms with Crippen molar-refractivity contribution in [2.45, 2.75) is 32.1 Å². The summed E-state index contributed by atoms with van der Waals surface area (Å²) in [4.78, 5) is 12.1. The van der Waals surface area contributed by atoms with Gasteiger partial charge in [-0.1, -0.05) is 36.8 Å². The minimum atomic E-state index is -3.72. The Bertz CT molecular complexity index is 828. The maximum atomic E-state index is 12.3. The molecule has 0 radical (unpaired) electrons. The van der Waals surface area contributed by atoms with Crippen LogP contribution in [0.15, 0.2) is 47.4 Å². The van der Waals surface area contributed by atoms with E-state index in [9.17, 15) is 13.2 Å². The molecule has 1 amide bonds. The molecule has 2 N–H and O–H groups in total. The molecule has 0 aliphatic carbocycles. The molecule has 0 atom stereocenters. The second-order valence-corrected chi connectivity index (χ2v) is 7.43. The van der Waals surface area contributed by atoms with Crippen LogP contribution in [0.3, 0.4) is 0 Å². The molecule has 2 rings (SSSR count). The predicted molar refractivity (Wildman–Crippen MR) is 95.6 cm³/mol. The van der Waals surface area contributed by atoms with Crippen LogP contribution in [0, 0.1) is 13.8 Å². The predicted octanol–water partition coefficient (Wildman–Crippen LogP) is 2.78. The van der Waals surface area contributed by atoms with Gasteiger partial charge in [-0.25, -0.2) is 13.1 Å². The van der Waals surface area contributed by atoms with Crippen molar-refractivity contribution < 1.29 is 13.2 Å². The summed E-state index contributed by atoms with van der Waals surface area (Å²) in [5.41, 5.74) is 3.45. The highest BCUT2D eigenvalue weighted by atomic mass is 32.2. The van der Waals surface area contributed by atoms with E-state index in [-0.39, 0.29) is 11.4 Å². The van der Waals surface area contributed by atoms with Crippen LogP contribution in [0.5, 0.6) is 0 Å². The van der Waals surface area contributed by atoms with E-state index in [4.69, 9.17) is 0 Å². The second-order valence-electron chi connectivity index (χ2n) is 5.69. The summed E-state index contributed by atoms with van der Waals surface area (Å²) >= 11 is 0. The Morgan fingerprint density at radius 1 is 1.04 bits per heavy atom. The summed E-state index contributed by atoms with van der Waals surface area (Å²) < 4.78 is 27.0. The largest absolute Gasteiger partial charge is 0.325 e. The van der Waals surface area contributed by atoms with Crippen LogP contribution < -0.4 is 10.0 Å². The third-order valence-corrected chi connectivity index (χ3v) is 5.25. The minimum Gasteiger partial charge on any atom is -0.325 e.